The van der Waals surface area contributed by atoms with E-state index in [1.807, 2.05) is 206 Å². The van der Waals surface area contributed by atoms with Crippen LogP contribution in [0.2, 0.25) is 5.15 Å². The smallest absolute Gasteiger partial charge is 0.480 e. The summed E-state index contributed by atoms with van der Waals surface area (Å²) in [5.41, 5.74) is 0.301. The van der Waals surface area contributed by atoms with E-state index in [0.29, 0.717) is 68.6 Å². The van der Waals surface area contributed by atoms with E-state index < -0.39 is 166 Å². The predicted octanol–water partition coefficient (Wildman–Crippen LogP) is 15.9. The normalized spacial score (nSPS) is 21.9. The largest absolute Gasteiger partial charge is 0.482 e. The molecule has 8 aliphatic rings. The van der Waals surface area contributed by atoms with Gasteiger partial charge < -0.3 is 69.4 Å². The van der Waals surface area contributed by atoms with Crippen molar-refractivity contribution in [3.63, 3.8) is 0 Å². The summed E-state index contributed by atoms with van der Waals surface area (Å²) in [4.78, 5) is 138. The van der Waals surface area contributed by atoms with Gasteiger partial charge >= 0.3 is 37.9 Å². The van der Waals surface area contributed by atoms with Gasteiger partial charge in [-0.2, -0.15) is 0 Å². The number of ether oxygens (including phenoxy) is 7. The molecule has 5 amide bonds. The van der Waals surface area contributed by atoms with Crippen molar-refractivity contribution in [2.24, 2.45) is 11.8 Å². The first kappa shape index (κ1) is 117. The van der Waals surface area contributed by atoms with E-state index in [4.69, 9.17) is 69.8 Å². The average Bonchev–Trinajstić information content (AvgIpc) is 1.57. The Morgan fingerprint density at radius 2 is 0.720 bits per heavy atom. The number of likely N-dealkylation sites (tertiary alicyclic amines) is 3. The summed E-state index contributed by atoms with van der Waals surface area (Å²) in [6.07, 6.45) is 2.88. The molecule has 150 heavy (non-hydrogen) atoms. The monoisotopic (exact) mass is 2170 g/mol. The van der Waals surface area contributed by atoms with Crippen LogP contribution in [0, 0.1) is 49.6 Å². The number of amides is 5. The fourth-order valence-corrected chi connectivity index (χ4v) is 22.0. The minimum atomic E-state index is -3.59. The third-order valence-corrected chi connectivity index (χ3v) is 30.6. The van der Waals surface area contributed by atoms with Gasteiger partial charge in [0.15, 0.2) is 31.2 Å². The molecule has 0 unspecified atom stereocenters. The molecule has 4 saturated carbocycles. The molecule has 19 rings (SSSR count). The van der Waals surface area contributed by atoms with Crippen molar-refractivity contribution in [3.05, 3.63) is 243 Å². The van der Waals surface area contributed by atoms with Crippen LogP contribution in [-0.2, 0) is 62.7 Å². The number of carbonyl (C=O) groups excluding carboxylic acids is 7. The average molecular weight is 2180 g/mol. The molecule has 7 N–H and O–H groups in total. The van der Waals surface area contributed by atoms with Gasteiger partial charge in [0.1, 0.15) is 87.1 Å². The molecule has 4 aliphatic carbocycles. The molecular weight excluding hydrogens is 2050 g/mol. The second kappa shape index (κ2) is 49.1. The van der Waals surface area contributed by atoms with Crippen molar-refractivity contribution in [2.75, 3.05) is 37.7 Å². The molecule has 4 aromatic heterocycles. The summed E-state index contributed by atoms with van der Waals surface area (Å²) < 4.78 is 91.6. The van der Waals surface area contributed by atoms with Crippen LogP contribution in [0.1, 0.15) is 127 Å². The number of carboxylic acids is 2. The number of hydrogen-bond donors (Lipinski definition) is 7. The van der Waals surface area contributed by atoms with Crippen LogP contribution in [0.25, 0.3) is 76.9 Å². The Morgan fingerprint density at radius 3 is 1.03 bits per heavy atom. The summed E-state index contributed by atoms with van der Waals surface area (Å²) in [6, 6.07) is 64.3. The first-order valence-corrected chi connectivity index (χ1v) is 52.4. The van der Waals surface area contributed by atoms with Gasteiger partial charge in [-0.25, -0.2) is 60.7 Å². The van der Waals surface area contributed by atoms with E-state index in [-0.39, 0.29) is 139 Å². The zero-order chi connectivity index (χ0) is 105. The number of aromatic nitrogens is 4. The second-order valence-electron chi connectivity index (χ2n) is 40.6. The van der Waals surface area contributed by atoms with E-state index in [9.17, 15) is 70.2 Å². The third kappa shape index (κ3) is 29.0. The van der Waals surface area contributed by atoms with Gasteiger partial charge in [-0.15, -0.1) is 38.0 Å². The first-order valence-electron chi connectivity index (χ1n) is 48.6. The number of hydrogen-bond acceptors (Lipinski definition) is 27. The number of ketones is 2. The number of fused-ring (bicyclic) bond motifs is 4. The summed E-state index contributed by atoms with van der Waals surface area (Å²) >= 11 is 6.07. The minimum absolute atomic E-state index is 0. The number of carboxylic acid groups (broad SMARTS) is 2. The van der Waals surface area contributed by atoms with E-state index >= 15 is 0 Å². The summed E-state index contributed by atoms with van der Waals surface area (Å²) in [6.45, 7) is 23.9. The van der Waals surface area contributed by atoms with Gasteiger partial charge in [0.2, 0.25) is 35.3 Å². The van der Waals surface area contributed by atoms with Crippen LogP contribution < -0.4 is 34.9 Å². The number of rotatable bonds is 27. The molecule has 1 radical (unpaired) electrons. The van der Waals surface area contributed by atoms with Gasteiger partial charge in [-0.05, 0) is 171 Å². The zero-order valence-corrected chi connectivity index (χ0v) is 88.8. The number of aliphatic carboxylic acids is 2. The third-order valence-electron chi connectivity index (χ3n) is 26.1. The first-order chi connectivity index (χ1) is 69.8. The number of halogens is 3. The van der Waals surface area contributed by atoms with Crippen LogP contribution >= 0.6 is 36.4 Å². The number of pyridine rings is 4. The van der Waals surface area contributed by atoms with Gasteiger partial charge in [-0.3, -0.25) is 33.9 Å². The maximum absolute atomic E-state index is 13.9. The van der Waals surface area contributed by atoms with Gasteiger partial charge in [0.25, 0.3) is 0 Å². The van der Waals surface area contributed by atoms with E-state index in [0.717, 1.165) is 76.9 Å². The summed E-state index contributed by atoms with van der Waals surface area (Å²) in [5.74, 6) is -4.34. The topological polar surface area (TPSA) is 465 Å². The Balaban J connectivity index is 0.000000177. The fourth-order valence-electron chi connectivity index (χ4n) is 18.4. The molecule has 0 spiro atoms. The molecule has 4 saturated heterocycles. The van der Waals surface area contributed by atoms with Crippen molar-refractivity contribution in [1.29, 1.82) is 0 Å². The molecule has 8 heterocycles. The van der Waals surface area contributed by atoms with Crippen LogP contribution in [0.15, 0.2) is 238 Å². The zero-order valence-electron chi connectivity index (χ0n) is 84.0. The predicted molar refractivity (Wildman–Crippen MR) is 568 cm³/mol. The minimum Gasteiger partial charge on any atom is -0.480 e. The van der Waals surface area contributed by atoms with Crippen molar-refractivity contribution in [1.82, 2.24) is 50.6 Å². The van der Waals surface area contributed by atoms with Gasteiger partial charge in [0, 0.05) is 120 Å². The van der Waals surface area contributed by atoms with E-state index in [2.05, 4.69) is 34.1 Å². The van der Waals surface area contributed by atoms with Crippen molar-refractivity contribution in [3.8, 4) is 57.3 Å². The Labute approximate surface area is 917 Å². The molecule has 795 valence electrons. The van der Waals surface area contributed by atoms with Gasteiger partial charge in [0.05, 0.1) is 53.3 Å². The standard InChI is InChI=1S/C35H39N3O7S.C30H31N3O5S.C25H26N2O5.C19H21ClN2O5.Ar.BH2O2.2ClH/c1-5-24-19-35(24,30(39)21-46(42,43)26-15-16-26)37-31(40)29-18-25(20-38(29)33(41)45-34(2,3)4)44-32-27-14-10-9-13-23(27)17-28(36-32)22-11-7-6-8-12-22;1-2-21-16-30(21,27(34)18-39(36,37)23-12-13-23)33-28(35)26-15-22(17-31-26)38-29-24-11-7-6-10-20(24)14-25(32-29)19-8-4-3-5-9-19;1-25(2,3)32-24(30)27-15-18(14-21(27)23(28)29)31-22-19-12-8-7-11-17(19)13-20(26-22)16-9-5-4-6-10-16;1-19(2,3)27-18(25)22-10-12(9-14(22)17(23)24)26-16-13-7-5-4-6-11(13)8-15(20)21-16;;2-1-3;;/h5-14,17,24-26,29H,1,15-16,18-21H2,2-4H3,(H,37,40);2-11,14,21-23,26,31H,1,12-13,15-18H2,(H,33,35);4-13,18,21H,14-15H2,1-3H3,(H,28,29);4-8,12,14H,9-10H2,1-3H3,(H,23,24);;2-3H;2*1H/t24-,25-,29+,35-;21-,22-,26+,30-;18-,21+;12-,14+;;;;/m1111..../s1. The Morgan fingerprint density at radius 1 is 0.433 bits per heavy atom. The Hall–Kier alpha value is -12.1. The number of Topliss-reactive ketones (excluding diaryl/α,β-unsaturated/α-hetero) is 2. The molecule has 34 nitrogen and oxygen atoms in total. The molecule has 12 atom stereocenters. The number of carbonyl (C=O) groups is 9. The molecule has 0 bridgehead atoms. The van der Waals surface area contributed by atoms with E-state index in [1.165, 1.54) is 14.7 Å². The van der Waals surface area contributed by atoms with Crippen molar-refractivity contribution < 1.29 is 151 Å². The molecule has 11 aromatic rings. The quantitative estimate of drug-likeness (QED) is 0.0109. The van der Waals surface area contributed by atoms with Crippen molar-refractivity contribution >= 4 is 160 Å². The summed E-state index contributed by atoms with van der Waals surface area (Å²) in [5, 5.41) is 48.5. The SMILES string of the molecule is C=C[C@@H]1C[C@]1(NC(=O)[C@@H]1C[C@@H](Oc2nc(-c3ccccc3)cc3ccccc23)CN1)C(=O)CS(=O)(=O)C1CC1.C=C[C@@H]1C[C@]1(NC(=O)[C@@H]1C[C@@H](Oc2nc(-c3ccccc3)cc3ccccc23)CN1C(=O)OC(C)(C)C)C(=O)CS(=O)(=O)C1CC1.CC(C)(C)OC(=O)N1C[C@H](Oc2nc(-c3ccccc3)cc3ccccc23)C[C@H]1C(=O)O.CC(C)(C)OC(=O)N1C[C@H](Oc2nc(Cl)cc3ccccc23)C[C@H]1C(=O)O.Cl.Cl.O[B]O.[Ar]. The Bertz CT molecular complexity index is 7060. The maximum atomic E-state index is 13.9. The van der Waals surface area contributed by atoms with Crippen LogP contribution in [0.5, 0.6) is 23.5 Å². The van der Waals surface area contributed by atoms with Crippen LogP contribution in [0.3, 0.4) is 0 Å². The van der Waals surface area contributed by atoms with E-state index in [1.54, 1.807) is 80.5 Å². The molecule has 4 aliphatic heterocycles. The van der Waals surface area contributed by atoms with Crippen molar-refractivity contribution in [2.45, 2.75) is 213 Å². The number of nitrogens with zero attached hydrogens (tertiary/aromatic N) is 7. The summed E-state index contributed by atoms with van der Waals surface area (Å²) in [7, 11) is -7.07. The molecule has 41 heteroatoms. The van der Waals surface area contributed by atoms with Gasteiger partial charge in [-0.1, -0.05) is 188 Å². The number of benzene rings is 7. The molecule has 8 fully saturated rings. The second-order valence-corrected chi connectivity index (χ2v) is 45.6. The fraction of sp³-hybridized carbons (Fsp3) is 0.385. The maximum Gasteiger partial charge on any atom is 0.482 e. The van der Waals surface area contributed by atoms with Crippen LogP contribution in [0.4, 0.5) is 14.4 Å². The Kier molecular flexibility index (Phi) is 38.1. The number of sulfone groups is 2. The molecule has 7 aromatic carbocycles. The van der Waals surface area contributed by atoms with Crippen LogP contribution in [-0.4, -0.2) is 258 Å². The number of nitrogens with one attached hydrogen (secondary N) is 3. The molecular formula is C109H121ArBCl3N10O24S2.